The Kier molecular flexibility index (Phi) is 6.50. The van der Waals surface area contributed by atoms with E-state index in [1.54, 1.807) is 0 Å². The normalized spacial score (nSPS) is 28.6. The van der Waals surface area contributed by atoms with Crippen LogP contribution in [-0.2, 0) is 0 Å². The van der Waals surface area contributed by atoms with E-state index in [1.807, 2.05) is 0 Å². The van der Waals surface area contributed by atoms with Crippen molar-refractivity contribution < 1.29 is 0 Å². The van der Waals surface area contributed by atoms with Crippen LogP contribution in [0.25, 0.3) is 0 Å². The second-order valence-electron chi connectivity index (χ2n) is 6.64. The third kappa shape index (κ3) is 5.87. The maximum absolute atomic E-state index is 3.60. The highest BCUT2D eigenvalue weighted by molar-refractivity contribution is 4.79. The Bertz CT molecular complexity index is 193. The average molecular weight is 240 g/mol. The van der Waals surface area contributed by atoms with Crippen molar-refractivity contribution in [3.8, 4) is 0 Å². The monoisotopic (exact) mass is 240 g/mol. The molecule has 0 amide bonds. The first-order valence-electron chi connectivity index (χ1n) is 7.43. The quantitative estimate of drug-likeness (QED) is 0.718. The van der Waals surface area contributed by atoms with Crippen molar-refractivity contribution in [2.24, 2.45) is 17.8 Å². The summed E-state index contributed by atoms with van der Waals surface area (Å²) in [6, 6.07) is 0.687. The topological polar surface area (TPSA) is 15.3 Å². The minimum absolute atomic E-state index is 0.687. The van der Waals surface area contributed by atoms with Gasteiger partial charge < -0.3 is 5.32 Å². The minimum atomic E-state index is 0.687. The van der Waals surface area contributed by atoms with Crippen molar-refractivity contribution in [1.29, 1.82) is 0 Å². The van der Waals surface area contributed by atoms with Gasteiger partial charge in [-0.1, -0.05) is 27.7 Å². The van der Waals surface area contributed by atoms with Crippen molar-refractivity contribution in [2.45, 2.75) is 53.5 Å². The molecular formula is C15H32N2. The molecule has 1 saturated heterocycles. The van der Waals surface area contributed by atoms with Gasteiger partial charge in [0.2, 0.25) is 0 Å². The van der Waals surface area contributed by atoms with Crippen LogP contribution < -0.4 is 5.32 Å². The van der Waals surface area contributed by atoms with E-state index < -0.39 is 0 Å². The van der Waals surface area contributed by atoms with E-state index >= 15 is 0 Å². The molecule has 1 heterocycles. The lowest BCUT2D eigenvalue weighted by molar-refractivity contribution is 0.102. The molecule has 0 aromatic rings. The molecule has 0 radical (unpaired) electrons. The molecule has 2 nitrogen and oxygen atoms in total. The first kappa shape index (κ1) is 15.0. The van der Waals surface area contributed by atoms with E-state index in [-0.39, 0.29) is 0 Å². The van der Waals surface area contributed by atoms with Crippen LogP contribution in [-0.4, -0.2) is 37.1 Å². The molecule has 3 atom stereocenters. The fourth-order valence-corrected chi connectivity index (χ4v) is 2.90. The molecule has 1 N–H and O–H groups in total. The Morgan fingerprint density at radius 2 is 1.71 bits per heavy atom. The van der Waals surface area contributed by atoms with Crippen molar-refractivity contribution in [2.75, 3.05) is 26.2 Å². The molecule has 0 aliphatic carbocycles. The van der Waals surface area contributed by atoms with Crippen LogP contribution >= 0.6 is 0 Å². The number of nitrogens with zero attached hydrogens (tertiary/aromatic N) is 1. The lowest BCUT2D eigenvalue weighted by atomic mass is 9.91. The molecule has 1 rings (SSSR count). The van der Waals surface area contributed by atoms with Gasteiger partial charge in [0.25, 0.3) is 0 Å². The maximum Gasteiger partial charge on any atom is 0.0192 e. The molecule has 17 heavy (non-hydrogen) atoms. The predicted octanol–water partition coefficient (Wildman–Crippen LogP) is 2.99. The molecule has 0 bridgehead atoms. The van der Waals surface area contributed by atoms with Gasteiger partial charge in [0.15, 0.2) is 0 Å². The molecule has 2 heteroatoms. The van der Waals surface area contributed by atoms with Crippen LogP contribution in [0, 0.1) is 17.8 Å². The van der Waals surface area contributed by atoms with Crippen LogP contribution in [0.1, 0.15) is 47.5 Å². The van der Waals surface area contributed by atoms with Crippen LogP contribution in [0.5, 0.6) is 0 Å². The number of likely N-dealkylation sites (tertiary alicyclic amines) is 1. The predicted molar refractivity (Wildman–Crippen MR) is 76.3 cm³/mol. The van der Waals surface area contributed by atoms with Gasteiger partial charge in [-0.25, -0.2) is 0 Å². The first-order valence-corrected chi connectivity index (χ1v) is 7.43. The minimum Gasteiger partial charge on any atom is -0.315 e. The molecule has 0 spiro atoms. The Morgan fingerprint density at radius 3 is 2.24 bits per heavy atom. The lowest BCUT2D eigenvalue weighted by Crippen LogP contribution is -2.47. The van der Waals surface area contributed by atoms with Crippen LogP contribution in [0.2, 0.25) is 0 Å². The van der Waals surface area contributed by atoms with Gasteiger partial charge in [-0.05, 0) is 44.1 Å². The molecule has 1 fully saturated rings. The van der Waals surface area contributed by atoms with E-state index in [0.717, 1.165) is 24.3 Å². The summed E-state index contributed by atoms with van der Waals surface area (Å²) in [7, 11) is 0. The number of nitrogens with one attached hydrogen (secondary N) is 1. The summed E-state index contributed by atoms with van der Waals surface area (Å²) >= 11 is 0. The SMILES string of the molecule is CC(C)CCNCC(C)N1CC(C)CC(C)C1. The van der Waals surface area contributed by atoms with Crippen molar-refractivity contribution in [1.82, 2.24) is 10.2 Å². The second kappa shape index (κ2) is 7.38. The average Bonchev–Trinajstić information content (AvgIpc) is 2.22. The smallest absolute Gasteiger partial charge is 0.0192 e. The zero-order valence-corrected chi connectivity index (χ0v) is 12.5. The second-order valence-corrected chi connectivity index (χ2v) is 6.64. The molecule has 1 aliphatic rings. The van der Waals surface area contributed by atoms with Crippen molar-refractivity contribution in [3.05, 3.63) is 0 Å². The first-order chi connectivity index (χ1) is 7.99. The van der Waals surface area contributed by atoms with Crippen LogP contribution in [0.3, 0.4) is 0 Å². The number of hydrogen-bond acceptors (Lipinski definition) is 2. The van der Waals surface area contributed by atoms with E-state index in [1.165, 1.54) is 32.5 Å². The van der Waals surface area contributed by atoms with E-state index in [4.69, 9.17) is 0 Å². The van der Waals surface area contributed by atoms with Gasteiger partial charge in [-0.3, -0.25) is 4.90 Å². The highest BCUT2D eigenvalue weighted by atomic mass is 15.2. The van der Waals surface area contributed by atoms with Gasteiger partial charge in [-0.2, -0.15) is 0 Å². The highest BCUT2D eigenvalue weighted by Gasteiger charge is 2.24. The molecule has 0 aromatic heterocycles. The fraction of sp³-hybridized carbons (Fsp3) is 1.00. The number of piperidine rings is 1. The van der Waals surface area contributed by atoms with Gasteiger partial charge in [0.1, 0.15) is 0 Å². The van der Waals surface area contributed by atoms with Crippen molar-refractivity contribution >= 4 is 0 Å². The molecule has 3 unspecified atom stereocenters. The van der Waals surface area contributed by atoms with Gasteiger partial charge >= 0.3 is 0 Å². The summed E-state index contributed by atoms with van der Waals surface area (Å²) < 4.78 is 0. The molecular weight excluding hydrogens is 208 g/mol. The Balaban J connectivity index is 2.20. The summed E-state index contributed by atoms with van der Waals surface area (Å²) in [5.74, 6) is 2.56. The number of hydrogen-bond donors (Lipinski definition) is 1. The molecule has 1 aliphatic heterocycles. The molecule has 102 valence electrons. The third-order valence-electron chi connectivity index (χ3n) is 3.86. The Morgan fingerprint density at radius 1 is 1.12 bits per heavy atom. The summed E-state index contributed by atoms with van der Waals surface area (Å²) in [4.78, 5) is 2.67. The number of rotatable bonds is 6. The molecule has 0 saturated carbocycles. The van der Waals surface area contributed by atoms with Crippen LogP contribution in [0.15, 0.2) is 0 Å². The van der Waals surface area contributed by atoms with E-state index in [0.29, 0.717) is 6.04 Å². The zero-order chi connectivity index (χ0) is 12.8. The van der Waals surface area contributed by atoms with E-state index in [9.17, 15) is 0 Å². The summed E-state index contributed by atoms with van der Waals surface area (Å²) in [6.45, 7) is 16.6. The Hall–Kier alpha value is -0.0800. The lowest BCUT2D eigenvalue weighted by Gasteiger charge is -2.39. The standard InChI is InChI=1S/C15H32N2/c1-12(2)6-7-16-9-15(5)17-10-13(3)8-14(4)11-17/h12-16H,6-11H2,1-5H3. The third-order valence-corrected chi connectivity index (χ3v) is 3.86. The summed E-state index contributed by atoms with van der Waals surface area (Å²) in [5.41, 5.74) is 0. The summed E-state index contributed by atoms with van der Waals surface area (Å²) in [6.07, 6.45) is 2.70. The molecule has 0 aromatic carbocycles. The van der Waals surface area contributed by atoms with Crippen molar-refractivity contribution in [3.63, 3.8) is 0 Å². The van der Waals surface area contributed by atoms with Gasteiger partial charge in [-0.15, -0.1) is 0 Å². The highest BCUT2D eigenvalue weighted by Crippen LogP contribution is 2.22. The fourth-order valence-electron chi connectivity index (χ4n) is 2.90. The largest absolute Gasteiger partial charge is 0.315 e. The zero-order valence-electron chi connectivity index (χ0n) is 12.5. The van der Waals surface area contributed by atoms with Gasteiger partial charge in [0.05, 0.1) is 0 Å². The summed E-state index contributed by atoms with van der Waals surface area (Å²) in [5, 5.41) is 3.60. The maximum atomic E-state index is 3.60. The van der Waals surface area contributed by atoms with Gasteiger partial charge in [0, 0.05) is 25.7 Å². The van der Waals surface area contributed by atoms with Crippen LogP contribution in [0.4, 0.5) is 0 Å². The van der Waals surface area contributed by atoms with E-state index in [2.05, 4.69) is 44.8 Å². The Labute approximate surface area is 108 Å².